The van der Waals surface area contributed by atoms with Gasteiger partial charge in [-0.05, 0) is 25.3 Å². The predicted octanol–water partition coefficient (Wildman–Crippen LogP) is -1.17. The Balaban J connectivity index is 2.33. The summed E-state index contributed by atoms with van der Waals surface area (Å²) in [6, 6.07) is 0. The standard InChI is InChI=1S/C10H20N2O3/c11-4-7-2-1-3-9(7)10(15)12-5-8(14)6-13/h7-9,13-14H,1-6,11H2,(H,12,15). The van der Waals surface area contributed by atoms with Crippen LogP contribution in [0.2, 0.25) is 0 Å². The number of hydrogen-bond acceptors (Lipinski definition) is 4. The summed E-state index contributed by atoms with van der Waals surface area (Å²) in [4.78, 5) is 11.7. The summed E-state index contributed by atoms with van der Waals surface area (Å²) in [5, 5.41) is 20.3. The van der Waals surface area contributed by atoms with Crippen LogP contribution in [-0.4, -0.2) is 41.9 Å². The number of carbonyl (C=O) groups is 1. The molecule has 88 valence electrons. The van der Waals surface area contributed by atoms with E-state index in [2.05, 4.69) is 5.32 Å². The molecule has 0 aliphatic heterocycles. The monoisotopic (exact) mass is 216 g/mol. The molecule has 1 rings (SSSR count). The van der Waals surface area contributed by atoms with Crippen LogP contribution < -0.4 is 11.1 Å². The molecule has 1 amide bonds. The molecule has 3 unspecified atom stereocenters. The quantitative estimate of drug-likeness (QED) is 0.466. The van der Waals surface area contributed by atoms with Gasteiger partial charge in [-0.15, -0.1) is 0 Å². The molecule has 0 aromatic rings. The molecule has 1 aliphatic rings. The summed E-state index contributed by atoms with van der Waals surface area (Å²) in [5.41, 5.74) is 5.57. The normalized spacial score (nSPS) is 27.7. The van der Waals surface area contributed by atoms with Gasteiger partial charge in [0.05, 0.1) is 12.7 Å². The second-order valence-electron chi connectivity index (χ2n) is 4.11. The van der Waals surface area contributed by atoms with Gasteiger partial charge in [-0.3, -0.25) is 4.79 Å². The molecule has 0 radical (unpaired) electrons. The molecule has 3 atom stereocenters. The van der Waals surface area contributed by atoms with E-state index in [-0.39, 0.29) is 30.9 Å². The number of carbonyl (C=O) groups excluding carboxylic acids is 1. The van der Waals surface area contributed by atoms with Crippen LogP contribution in [-0.2, 0) is 4.79 Å². The highest BCUT2D eigenvalue weighted by molar-refractivity contribution is 5.79. The Morgan fingerprint density at radius 2 is 2.27 bits per heavy atom. The van der Waals surface area contributed by atoms with E-state index in [1.165, 1.54) is 0 Å². The van der Waals surface area contributed by atoms with Gasteiger partial charge in [0.2, 0.25) is 5.91 Å². The van der Waals surface area contributed by atoms with Crippen molar-refractivity contribution in [1.29, 1.82) is 0 Å². The van der Waals surface area contributed by atoms with Crippen molar-refractivity contribution in [3.63, 3.8) is 0 Å². The van der Waals surface area contributed by atoms with Crippen LogP contribution in [0.4, 0.5) is 0 Å². The van der Waals surface area contributed by atoms with E-state index in [0.717, 1.165) is 19.3 Å². The molecule has 5 N–H and O–H groups in total. The van der Waals surface area contributed by atoms with Crippen LogP contribution in [0.3, 0.4) is 0 Å². The number of nitrogens with one attached hydrogen (secondary N) is 1. The summed E-state index contributed by atoms with van der Waals surface area (Å²) in [6.45, 7) is 0.328. The highest BCUT2D eigenvalue weighted by atomic mass is 16.3. The molecule has 0 spiro atoms. The minimum Gasteiger partial charge on any atom is -0.394 e. The largest absolute Gasteiger partial charge is 0.394 e. The maximum Gasteiger partial charge on any atom is 0.223 e. The molecule has 1 saturated carbocycles. The maximum absolute atomic E-state index is 11.7. The fraction of sp³-hybridized carbons (Fsp3) is 0.900. The Bertz CT molecular complexity index is 211. The van der Waals surface area contributed by atoms with E-state index < -0.39 is 6.10 Å². The van der Waals surface area contributed by atoms with E-state index in [4.69, 9.17) is 15.9 Å². The van der Waals surface area contributed by atoms with Gasteiger partial charge < -0.3 is 21.3 Å². The second kappa shape index (κ2) is 6.05. The first-order valence-corrected chi connectivity index (χ1v) is 5.45. The molecule has 5 heteroatoms. The van der Waals surface area contributed by atoms with Crippen molar-refractivity contribution in [1.82, 2.24) is 5.32 Å². The molecule has 0 bridgehead atoms. The zero-order chi connectivity index (χ0) is 11.3. The lowest BCUT2D eigenvalue weighted by molar-refractivity contribution is -0.126. The van der Waals surface area contributed by atoms with Gasteiger partial charge in [0.25, 0.3) is 0 Å². The van der Waals surface area contributed by atoms with Crippen LogP contribution in [0.15, 0.2) is 0 Å². The summed E-state index contributed by atoms with van der Waals surface area (Å²) in [6.07, 6.45) is 2.06. The van der Waals surface area contributed by atoms with Crippen molar-refractivity contribution in [2.24, 2.45) is 17.6 Å². The lowest BCUT2D eigenvalue weighted by Crippen LogP contribution is -2.39. The van der Waals surface area contributed by atoms with E-state index in [1.54, 1.807) is 0 Å². The maximum atomic E-state index is 11.7. The van der Waals surface area contributed by atoms with Crippen molar-refractivity contribution in [3.8, 4) is 0 Å². The van der Waals surface area contributed by atoms with Gasteiger partial charge >= 0.3 is 0 Å². The number of rotatable bonds is 5. The zero-order valence-electron chi connectivity index (χ0n) is 8.85. The minimum absolute atomic E-state index is 0.0131. The van der Waals surface area contributed by atoms with Crippen molar-refractivity contribution in [2.75, 3.05) is 19.7 Å². The van der Waals surface area contributed by atoms with Gasteiger partial charge in [-0.2, -0.15) is 0 Å². The fourth-order valence-electron chi connectivity index (χ4n) is 2.08. The summed E-state index contributed by atoms with van der Waals surface area (Å²) in [5.74, 6) is 0.215. The fourth-order valence-corrected chi connectivity index (χ4v) is 2.08. The van der Waals surface area contributed by atoms with Gasteiger partial charge in [0.1, 0.15) is 0 Å². The number of hydrogen-bond donors (Lipinski definition) is 4. The molecular weight excluding hydrogens is 196 g/mol. The highest BCUT2D eigenvalue weighted by Crippen LogP contribution is 2.30. The Kier molecular flexibility index (Phi) is 5.01. The second-order valence-corrected chi connectivity index (χ2v) is 4.11. The smallest absolute Gasteiger partial charge is 0.223 e. The van der Waals surface area contributed by atoms with Crippen LogP contribution in [0.25, 0.3) is 0 Å². The number of aliphatic hydroxyl groups is 2. The first kappa shape index (κ1) is 12.4. The van der Waals surface area contributed by atoms with E-state index in [0.29, 0.717) is 6.54 Å². The molecule has 1 aliphatic carbocycles. The summed E-state index contributed by atoms with van der Waals surface area (Å²) in [7, 11) is 0. The predicted molar refractivity (Wildman–Crippen MR) is 56.0 cm³/mol. The van der Waals surface area contributed by atoms with Gasteiger partial charge in [-0.25, -0.2) is 0 Å². The minimum atomic E-state index is -0.869. The van der Waals surface area contributed by atoms with Crippen LogP contribution in [0.5, 0.6) is 0 Å². The molecule has 15 heavy (non-hydrogen) atoms. The molecule has 1 fully saturated rings. The molecule has 0 heterocycles. The molecule has 0 aromatic heterocycles. The topological polar surface area (TPSA) is 95.6 Å². The number of nitrogens with two attached hydrogens (primary N) is 1. The Morgan fingerprint density at radius 1 is 1.53 bits per heavy atom. The third kappa shape index (κ3) is 3.44. The van der Waals surface area contributed by atoms with Gasteiger partial charge in [0, 0.05) is 12.5 Å². The molecule has 0 aromatic carbocycles. The number of amides is 1. The van der Waals surface area contributed by atoms with Crippen molar-refractivity contribution in [2.45, 2.75) is 25.4 Å². The van der Waals surface area contributed by atoms with Crippen LogP contribution in [0.1, 0.15) is 19.3 Å². The van der Waals surface area contributed by atoms with Gasteiger partial charge in [0.15, 0.2) is 0 Å². The van der Waals surface area contributed by atoms with Crippen molar-refractivity contribution in [3.05, 3.63) is 0 Å². The van der Waals surface area contributed by atoms with Crippen LogP contribution >= 0.6 is 0 Å². The molecular formula is C10H20N2O3. The van der Waals surface area contributed by atoms with Gasteiger partial charge in [-0.1, -0.05) is 6.42 Å². The van der Waals surface area contributed by atoms with E-state index in [1.807, 2.05) is 0 Å². The highest BCUT2D eigenvalue weighted by Gasteiger charge is 2.31. The Hall–Kier alpha value is -0.650. The summed E-state index contributed by atoms with van der Waals surface area (Å²) < 4.78 is 0. The molecule has 0 saturated heterocycles. The first-order chi connectivity index (χ1) is 7.19. The van der Waals surface area contributed by atoms with Crippen molar-refractivity contribution >= 4 is 5.91 Å². The third-order valence-corrected chi connectivity index (χ3v) is 3.02. The molecule has 5 nitrogen and oxygen atoms in total. The Labute approximate surface area is 89.7 Å². The van der Waals surface area contributed by atoms with Crippen molar-refractivity contribution < 1.29 is 15.0 Å². The van der Waals surface area contributed by atoms with Crippen LogP contribution in [0, 0.1) is 11.8 Å². The number of aliphatic hydroxyl groups excluding tert-OH is 2. The summed E-state index contributed by atoms with van der Waals surface area (Å²) >= 11 is 0. The first-order valence-electron chi connectivity index (χ1n) is 5.45. The average molecular weight is 216 g/mol. The lowest BCUT2D eigenvalue weighted by Gasteiger charge is -2.18. The zero-order valence-corrected chi connectivity index (χ0v) is 8.85. The average Bonchev–Trinajstić information content (AvgIpc) is 2.73. The van der Waals surface area contributed by atoms with E-state index >= 15 is 0 Å². The SMILES string of the molecule is NCC1CCCC1C(=O)NCC(O)CO. The lowest BCUT2D eigenvalue weighted by atomic mass is 9.95. The van der Waals surface area contributed by atoms with E-state index in [9.17, 15) is 4.79 Å². The Morgan fingerprint density at radius 3 is 2.87 bits per heavy atom. The third-order valence-electron chi connectivity index (χ3n) is 3.02.